The van der Waals surface area contributed by atoms with Crippen LogP contribution in [0.3, 0.4) is 0 Å². The molecule has 0 radical (unpaired) electrons. The van der Waals surface area contributed by atoms with E-state index >= 15 is 0 Å². The first-order chi connectivity index (χ1) is 7.49. The molecule has 1 fully saturated rings. The first-order valence-corrected chi connectivity index (χ1v) is 5.58. The maximum absolute atomic E-state index is 12.1. The van der Waals surface area contributed by atoms with E-state index in [9.17, 15) is 9.59 Å². The summed E-state index contributed by atoms with van der Waals surface area (Å²) in [6.45, 7) is 6.50. The number of carbonyl (C=O) groups excluding carboxylic acids is 2. The molecule has 0 saturated carbocycles. The topological polar surface area (TPSA) is 58.6 Å². The highest BCUT2D eigenvalue weighted by Gasteiger charge is 2.38. The number of methoxy groups -OCH3 is 1. The van der Waals surface area contributed by atoms with Gasteiger partial charge in [-0.25, -0.2) is 0 Å². The average molecular weight is 228 g/mol. The van der Waals surface area contributed by atoms with Crippen molar-refractivity contribution in [2.75, 3.05) is 20.3 Å². The first-order valence-electron chi connectivity index (χ1n) is 5.58. The summed E-state index contributed by atoms with van der Waals surface area (Å²) in [6, 6.07) is -0.807. The molecule has 0 aromatic carbocycles. The second-order valence-electron chi connectivity index (χ2n) is 4.43. The van der Waals surface area contributed by atoms with Crippen LogP contribution in [-0.2, 0) is 14.3 Å². The molecule has 5 nitrogen and oxygen atoms in total. The molecule has 1 heterocycles. The van der Waals surface area contributed by atoms with E-state index in [1.807, 2.05) is 13.8 Å². The van der Waals surface area contributed by atoms with E-state index in [0.29, 0.717) is 13.2 Å². The molecule has 1 saturated heterocycles. The lowest BCUT2D eigenvalue weighted by Crippen LogP contribution is -2.64. The third kappa shape index (κ3) is 2.52. The average Bonchev–Trinajstić information content (AvgIpc) is 2.23. The fourth-order valence-electron chi connectivity index (χ4n) is 1.79. The summed E-state index contributed by atoms with van der Waals surface area (Å²) in [7, 11) is 1.58. The molecule has 0 bridgehead atoms. The van der Waals surface area contributed by atoms with Crippen LogP contribution in [0.15, 0.2) is 0 Å². The fraction of sp³-hybridized carbons (Fsp3) is 0.818. The molecule has 0 spiro atoms. The molecule has 5 heteroatoms. The number of carbonyl (C=O) groups is 2. The molecule has 16 heavy (non-hydrogen) atoms. The summed E-state index contributed by atoms with van der Waals surface area (Å²) < 4.78 is 4.95. The van der Waals surface area contributed by atoms with Crippen LogP contribution in [-0.4, -0.2) is 49.1 Å². The number of nitrogens with zero attached hydrogens (tertiary/aromatic N) is 1. The highest BCUT2D eigenvalue weighted by Crippen LogP contribution is 2.14. The Labute approximate surface area is 96.1 Å². The second-order valence-corrected chi connectivity index (χ2v) is 4.43. The first kappa shape index (κ1) is 13.0. The summed E-state index contributed by atoms with van der Waals surface area (Å²) >= 11 is 0. The number of ether oxygens (including phenoxy) is 1. The normalized spacial score (nSPS) is 26.2. The van der Waals surface area contributed by atoms with Crippen LogP contribution in [0.25, 0.3) is 0 Å². The van der Waals surface area contributed by atoms with Gasteiger partial charge in [0.15, 0.2) is 0 Å². The smallest absolute Gasteiger partial charge is 0.246 e. The summed E-state index contributed by atoms with van der Waals surface area (Å²) in [5.41, 5.74) is 0. The number of amides is 2. The van der Waals surface area contributed by atoms with E-state index in [1.54, 1.807) is 18.9 Å². The molecular weight excluding hydrogens is 208 g/mol. The molecule has 0 aromatic heterocycles. The zero-order chi connectivity index (χ0) is 12.3. The maximum Gasteiger partial charge on any atom is 0.246 e. The standard InChI is InChI=1S/C11H20N2O3/c1-7(2)9-11(15)13(5-6-16-4)8(3)10(14)12-9/h7-9H,5-6H2,1-4H3,(H,12,14). The van der Waals surface area contributed by atoms with Crippen LogP contribution in [0.5, 0.6) is 0 Å². The van der Waals surface area contributed by atoms with Gasteiger partial charge in [0.2, 0.25) is 11.8 Å². The molecule has 1 rings (SSSR count). The molecule has 0 aromatic rings. The minimum absolute atomic E-state index is 0.0147. The van der Waals surface area contributed by atoms with Crippen molar-refractivity contribution in [1.82, 2.24) is 10.2 Å². The number of hydrogen-bond acceptors (Lipinski definition) is 3. The Morgan fingerprint density at radius 3 is 2.56 bits per heavy atom. The molecule has 2 amide bonds. The van der Waals surface area contributed by atoms with Gasteiger partial charge in [0, 0.05) is 13.7 Å². The van der Waals surface area contributed by atoms with Crippen molar-refractivity contribution >= 4 is 11.8 Å². The third-order valence-electron chi connectivity index (χ3n) is 2.90. The van der Waals surface area contributed by atoms with Gasteiger partial charge in [-0.15, -0.1) is 0 Å². The molecule has 2 unspecified atom stereocenters. The third-order valence-corrected chi connectivity index (χ3v) is 2.90. The number of hydrogen-bond donors (Lipinski definition) is 1. The zero-order valence-electron chi connectivity index (χ0n) is 10.3. The Kier molecular flexibility index (Phi) is 4.29. The lowest BCUT2D eigenvalue weighted by molar-refractivity contribution is -0.150. The predicted octanol–water partition coefficient (Wildman–Crippen LogP) is 0.00430. The van der Waals surface area contributed by atoms with E-state index < -0.39 is 12.1 Å². The van der Waals surface area contributed by atoms with Crippen LogP contribution < -0.4 is 5.32 Å². The van der Waals surface area contributed by atoms with E-state index in [2.05, 4.69) is 5.32 Å². The summed E-state index contributed by atoms with van der Waals surface area (Å²) in [6.07, 6.45) is 0. The highest BCUT2D eigenvalue weighted by molar-refractivity contribution is 5.96. The van der Waals surface area contributed by atoms with Crippen molar-refractivity contribution in [3.05, 3.63) is 0 Å². The maximum atomic E-state index is 12.1. The largest absolute Gasteiger partial charge is 0.383 e. The van der Waals surface area contributed by atoms with Gasteiger partial charge in [-0.2, -0.15) is 0 Å². The summed E-state index contributed by atoms with van der Waals surface area (Å²) in [5, 5.41) is 2.75. The number of nitrogens with one attached hydrogen (secondary N) is 1. The highest BCUT2D eigenvalue weighted by atomic mass is 16.5. The van der Waals surface area contributed by atoms with E-state index in [4.69, 9.17) is 4.74 Å². The van der Waals surface area contributed by atoms with Crippen LogP contribution >= 0.6 is 0 Å². The van der Waals surface area contributed by atoms with Gasteiger partial charge >= 0.3 is 0 Å². The van der Waals surface area contributed by atoms with Crippen molar-refractivity contribution in [3.63, 3.8) is 0 Å². The van der Waals surface area contributed by atoms with Gasteiger partial charge in [0.25, 0.3) is 0 Å². The number of rotatable bonds is 4. The van der Waals surface area contributed by atoms with Crippen LogP contribution in [0, 0.1) is 5.92 Å². The quantitative estimate of drug-likeness (QED) is 0.737. The van der Waals surface area contributed by atoms with Gasteiger partial charge < -0.3 is 15.0 Å². The SMILES string of the molecule is COCCN1C(=O)C(C(C)C)NC(=O)C1C. The van der Waals surface area contributed by atoms with Crippen molar-refractivity contribution < 1.29 is 14.3 Å². The molecule has 1 aliphatic heterocycles. The molecule has 1 aliphatic rings. The monoisotopic (exact) mass is 228 g/mol. The fourth-order valence-corrected chi connectivity index (χ4v) is 1.79. The van der Waals surface area contributed by atoms with Gasteiger partial charge in [-0.05, 0) is 12.8 Å². The molecular formula is C11H20N2O3. The Bertz CT molecular complexity index is 278. The van der Waals surface area contributed by atoms with Gasteiger partial charge in [-0.3, -0.25) is 9.59 Å². The Morgan fingerprint density at radius 1 is 1.44 bits per heavy atom. The Balaban J connectivity index is 2.78. The molecule has 1 N–H and O–H groups in total. The lowest BCUT2D eigenvalue weighted by atomic mass is 9.98. The minimum atomic E-state index is -0.405. The van der Waals surface area contributed by atoms with Crippen LogP contribution in [0.4, 0.5) is 0 Å². The van der Waals surface area contributed by atoms with Crippen molar-refractivity contribution in [1.29, 1.82) is 0 Å². The van der Waals surface area contributed by atoms with Crippen LogP contribution in [0.2, 0.25) is 0 Å². The molecule has 92 valence electrons. The molecule has 0 aliphatic carbocycles. The lowest BCUT2D eigenvalue weighted by Gasteiger charge is -2.38. The van der Waals surface area contributed by atoms with Crippen molar-refractivity contribution in [2.45, 2.75) is 32.9 Å². The molecule has 2 atom stereocenters. The zero-order valence-corrected chi connectivity index (χ0v) is 10.3. The predicted molar refractivity (Wildman–Crippen MR) is 59.8 cm³/mol. The van der Waals surface area contributed by atoms with Gasteiger partial charge in [0.05, 0.1) is 6.61 Å². The van der Waals surface area contributed by atoms with Crippen molar-refractivity contribution in [2.24, 2.45) is 5.92 Å². The van der Waals surface area contributed by atoms with E-state index in [-0.39, 0.29) is 17.7 Å². The van der Waals surface area contributed by atoms with Gasteiger partial charge in [0.1, 0.15) is 12.1 Å². The Hall–Kier alpha value is -1.10. The van der Waals surface area contributed by atoms with Crippen molar-refractivity contribution in [3.8, 4) is 0 Å². The Morgan fingerprint density at radius 2 is 2.06 bits per heavy atom. The van der Waals surface area contributed by atoms with Gasteiger partial charge in [-0.1, -0.05) is 13.8 Å². The second kappa shape index (κ2) is 5.30. The van der Waals surface area contributed by atoms with E-state index in [0.717, 1.165) is 0 Å². The summed E-state index contributed by atoms with van der Waals surface area (Å²) in [4.78, 5) is 25.4. The van der Waals surface area contributed by atoms with Crippen LogP contribution in [0.1, 0.15) is 20.8 Å². The number of piperazine rings is 1. The minimum Gasteiger partial charge on any atom is -0.383 e. The van der Waals surface area contributed by atoms with E-state index in [1.165, 1.54) is 0 Å². The summed E-state index contributed by atoms with van der Waals surface area (Å²) in [5.74, 6) is 0.00236.